The molecule has 8 heteroatoms. The monoisotopic (exact) mass is 979 g/mol. The lowest BCUT2D eigenvalue weighted by Gasteiger charge is -2.17. The van der Waals surface area contributed by atoms with E-state index in [0.717, 1.165) is 44.4 Å². The Morgan fingerprint density at radius 3 is 1.63 bits per heavy atom. The van der Waals surface area contributed by atoms with Crippen molar-refractivity contribution in [3.63, 3.8) is 0 Å². The second-order valence-electron chi connectivity index (χ2n) is 18.7. The molecule has 7 rings (SSSR count). The fourth-order valence-corrected chi connectivity index (χ4v) is 16.7. The van der Waals surface area contributed by atoms with Crippen molar-refractivity contribution < 1.29 is 4.74 Å². The first kappa shape index (κ1) is 50.1. The Morgan fingerprint density at radius 2 is 1.05 bits per heavy atom. The van der Waals surface area contributed by atoms with Crippen LogP contribution in [0.1, 0.15) is 169 Å². The quantitative estimate of drug-likeness (QED) is 0.0481. The Morgan fingerprint density at radius 1 is 0.508 bits per heavy atom. The molecule has 0 saturated heterocycles. The van der Waals surface area contributed by atoms with E-state index in [-0.39, 0.29) is 0 Å². The number of nitriles is 1. The maximum Gasteiger partial charge on any atom is 0.139 e. The SMILES string of the molecule is CCCCCCC(CCCC)COc1cc(-c2cc3c(-c4ccc(CC(CC)CCCC)s4)c4sc(C)cc4c(-c4ccc(CC(CC)CCCC)s4)c3s2)sc1-c1sc(C)cc1C#N. The van der Waals surface area contributed by atoms with Crippen molar-refractivity contribution >= 4 is 88.2 Å². The minimum atomic E-state index is 0.541. The molecule has 0 aliphatic carbocycles. The van der Waals surface area contributed by atoms with E-state index < -0.39 is 0 Å². The molecule has 2 nitrogen and oxygen atoms in total. The highest BCUT2D eigenvalue weighted by atomic mass is 32.1. The molecule has 1 aromatic carbocycles. The maximum absolute atomic E-state index is 10.4. The van der Waals surface area contributed by atoms with Crippen LogP contribution in [0.4, 0.5) is 0 Å². The van der Waals surface area contributed by atoms with Gasteiger partial charge in [0.05, 0.1) is 21.9 Å². The maximum atomic E-state index is 10.4. The van der Waals surface area contributed by atoms with Crippen molar-refractivity contribution in [2.24, 2.45) is 17.8 Å². The van der Waals surface area contributed by atoms with Gasteiger partial charge in [-0.25, -0.2) is 0 Å². The number of hydrogen-bond donors (Lipinski definition) is 0. The first-order valence-electron chi connectivity index (χ1n) is 25.2. The summed E-state index contributed by atoms with van der Waals surface area (Å²) in [5.74, 6) is 2.97. The lowest BCUT2D eigenvalue weighted by molar-refractivity contribution is 0.226. The molecule has 6 heterocycles. The molecule has 3 unspecified atom stereocenters. The van der Waals surface area contributed by atoms with E-state index in [1.165, 1.54) is 181 Å². The van der Waals surface area contributed by atoms with Crippen LogP contribution in [-0.2, 0) is 12.8 Å². The summed E-state index contributed by atoms with van der Waals surface area (Å²) in [6.45, 7) is 19.1. The molecule has 0 N–H and O–H groups in total. The normalized spacial score (nSPS) is 13.3. The van der Waals surface area contributed by atoms with E-state index in [9.17, 15) is 5.26 Å². The Balaban J connectivity index is 1.37. The number of ether oxygens (including phenoxy) is 1. The third kappa shape index (κ3) is 12.3. The molecule has 7 aromatic rings. The summed E-state index contributed by atoms with van der Waals surface area (Å²) in [6.07, 6.45) is 22.6. The van der Waals surface area contributed by atoms with Crippen molar-refractivity contribution in [2.45, 2.75) is 171 Å². The van der Waals surface area contributed by atoms with Crippen LogP contribution in [0.15, 0.2) is 48.5 Å². The van der Waals surface area contributed by atoms with Crippen molar-refractivity contribution in [1.29, 1.82) is 5.26 Å². The molecular weight excluding hydrogens is 907 g/mol. The van der Waals surface area contributed by atoms with Gasteiger partial charge in [0.25, 0.3) is 0 Å². The second kappa shape index (κ2) is 24.5. The summed E-state index contributed by atoms with van der Waals surface area (Å²) in [4.78, 5) is 13.0. The van der Waals surface area contributed by atoms with Gasteiger partial charge in [-0.3, -0.25) is 0 Å². The molecule has 0 fully saturated rings. The van der Waals surface area contributed by atoms with E-state index in [2.05, 4.69) is 110 Å². The second-order valence-corrected chi connectivity index (χ2v) is 25.6. The smallest absolute Gasteiger partial charge is 0.139 e. The van der Waals surface area contributed by atoms with Gasteiger partial charge < -0.3 is 4.74 Å². The van der Waals surface area contributed by atoms with Gasteiger partial charge in [-0.2, -0.15) is 5.26 Å². The number of benzene rings is 1. The number of hydrogen-bond acceptors (Lipinski definition) is 8. The summed E-state index contributed by atoms with van der Waals surface area (Å²) < 4.78 is 9.81. The van der Waals surface area contributed by atoms with Crippen LogP contribution >= 0.6 is 68.0 Å². The molecule has 348 valence electrons. The highest BCUT2D eigenvalue weighted by Crippen LogP contribution is 2.55. The molecule has 0 spiro atoms. The van der Waals surface area contributed by atoms with Gasteiger partial charge in [-0.05, 0) is 99.7 Å². The topological polar surface area (TPSA) is 33.0 Å². The Kier molecular flexibility index (Phi) is 18.9. The summed E-state index contributed by atoms with van der Waals surface area (Å²) >= 11 is 11.6. The van der Waals surface area contributed by atoms with Gasteiger partial charge in [-0.15, -0.1) is 68.0 Å². The van der Waals surface area contributed by atoms with Crippen LogP contribution in [0.2, 0.25) is 0 Å². The fraction of sp³-hybridized carbons (Fsp3) is 0.526. The molecule has 0 aliphatic rings. The van der Waals surface area contributed by atoms with Crippen molar-refractivity contribution in [3.05, 3.63) is 73.6 Å². The highest BCUT2D eigenvalue weighted by Gasteiger charge is 2.26. The van der Waals surface area contributed by atoms with Crippen molar-refractivity contribution in [3.8, 4) is 52.2 Å². The number of fused-ring (bicyclic) bond motifs is 2. The van der Waals surface area contributed by atoms with E-state index in [4.69, 9.17) is 4.74 Å². The van der Waals surface area contributed by atoms with Gasteiger partial charge in [0.1, 0.15) is 11.8 Å². The number of thiophene rings is 6. The van der Waals surface area contributed by atoms with Crippen LogP contribution in [0.25, 0.3) is 60.6 Å². The molecule has 0 radical (unpaired) electrons. The van der Waals surface area contributed by atoms with Crippen LogP contribution in [0.5, 0.6) is 5.75 Å². The van der Waals surface area contributed by atoms with Crippen LogP contribution in [0.3, 0.4) is 0 Å². The number of rotatable bonds is 27. The van der Waals surface area contributed by atoms with Gasteiger partial charge >= 0.3 is 0 Å². The first-order valence-corrected chi connectivity index (χ1v) is 30.1. The van der Waals surface area contributed by atoms with Crippen molar-refractivity contribution in [2.75, 3.05) is 6.61 Å². The minimum absolute atomic E-state index is 0.541. The van der Waals surface area contributed by atoms with Gasteiger partial charge in [0, 0.05) is 76.4 Å². The Hall–Kier alpha value is -2.77. The summed E-state index contributed by atoms with van der Waals surface area (Å²) in [7, 11) is 0. The molecule has 0 saturated carbocycles. The summed E-state index contributed by atoms with van der Waals surface area (Å²) in [5, 5.41) is 13.1. The number of nitrogens with zero attached hydrogens (tertiary/aromatic N) is 1. The number of unbranched alkanes of at least 4 members (excludes halogenated alkanes) is 6. The van der Waals surface area contributed by atoms with Crippen LogP contribution in [0, 0.1) is 42.9 Å². The average molecular weight is 981 g/mol. The van der Waals surface area contributed by atoms with Gasteiger partial charge in [0.15, 0.2) is 0 Å². The number of aryl methyl sites for hydroxylation is 2. The molecule has 0 bridgehead atoms. The van der Waals surface area contributed by atoms with Gasteiger partial charge in [-0.1, -0.05) is 131 Å². The molecule has 65 heavy (non-hydrogen) atoms. The van der Waals surface area contributed by atoms with E-state index >= 15 is 0 Å². The standard InChI is InChI=1S/C57H73NOS6/c1-9-15-19-20-24-41(23-18-12-4)36-59-47-34-51(65-57(47)54-42(35-58)29-37(7)60-54)50-33-46-53(49-28-26-44(63-49)32-40(14-6)22-17-11-3)55-45(30-38(8)61-55)52(56(46)64-50)48-27-25-43(62-48)31-39(13-5)21-16-10-2/h25-30,33-34,39-41H,9-24,31-32,36H2,1-8H3. The predicted molar refractivity (Wildman–Crippen MR) is 296 cm³/mol. The fourth-order valence-electron chi connectivity index (χ4n) is 9.60. The zero-order valence-electron chi connectivity index (χ0n) is 40.6. The largest absolute Gasteiger partial charge is 0.492 e. The molecule has 0 amide bonds. The van der Waals surface area contributed by atoms with E-state index in [0.29, 0.717) is 5.92 Å². The molecule has 0 aliphatic heterocycles. The Bertz CT molecular complexity index is 2500. The zero-order chi connectivity index (χ0) is 45.9. The zero-order valence-corrected chi connectivity index (χ0v) is 45.5. The molecular formula is C57H73NOS6. The molecule has 3 atom stereocenters. The van der Waals surface area contributed by atoms with Crippen molar-refractivity contribution in [1.82, 2.24) is 0 Å². The summed E-state index contributed by atoms with van der Waals surface area (Å²) in [6, 6.07) is 21.7. The average Bonchev–Trinajstić information content (AvgIpc) is 4.18. The molecule has 6 aromatic heterocycles. The lowest BCUT2D eigenvalue weighted by Crippen LogP contribution is -2.12. The van der Waals surface area contributed by atoms with Crippen LogP contribution < -0.4 is 4.74 Å². The predicted octanol–water partition coefficient (Wildman–Crippen LogP) is 21.2. The lowest BCUT2D eigenvalue weighted by atomic mass is 9.95. The third-order valence-electron chi connectivity index (χ3n) is 13.5. The highest BCUT2D eigenvalue weighted by molar-refractivity contribution is 7.30. The minimum Gasteiger partial charge on any atom is -0.492 e. The first-order chi connectivity index (χ1) is 31.7. The van der Waals surface area contributed by atoms with Crippen LogP contribution in [-0.4, -0.2) is 6.61 Å². The van der Waals surface area contributed by atoms with E-state index in [1.807, 2.05) is 56.7 Å². The third-order valence-corrected chi connectivity index (χ3v) is 20.5. The Labute approximate surface area is 416 Å². The van der Waals surface area contributed by atoms with E-state index in [1.54, 1.807) is 11.3 Å². The van der Waals surface area contributed by atoms with Gasteiger partial charge in [0.2, 0.25) is 0 Å². The summed E-state index contributed by atoms with van der Waals surface area (Å²) in [5.41, 5.74) is 3.58.